The largest absolute Gasteiger partial charge is 0.479 e. The number of rotatable bonds is 3. The first kappa shape index (κ1) is 13.3. The minimum Gasteiger partial charge on any atom is -0.479 e. The number of alkyl carbamates (subject to hydrolysis) is 1. The van der Waals surface area contributed by atoms with Crippen molar-refractivity contribution in [3.05, 3.63) is 12.3 Å². The van der Waals surface area contributed by atoms with E-state index in [0.717, 1.165) is 12.3 Å². The molecule has 0 aliphatic carbocycles. The summed E-state index contributed by atoms with van der Waals surface area (Å²) in [6.45, 7) is 5.05. The molecule has 1 amide bonds. The highest BCUT2D eigenvalue weighted by atomic mass is 16.6. The molecule has 0 rings (SSSR count). The molecule has 0 aromatic heterocycles. The maximum Gasteiger partial charge on any atom is 0.408 e. The highest BCUT2D eigenvalue weighted by Gasteiger charge is 2.21. The third-order valence-electron chi connectivity index (χ3n) is 1.24. The summed E-state index contributed by atoms with van der Waals surface area (Å²) in [5.74, 6) is -1.21. The van der Waals surface area contributed by atoms with Crippen LogP contribution in [0, 0.1) is 0 Å². The summed E-state index contributed by atoms with van der Waals surface area (Å²) in [4.78, 5) is 21.8. The van der Waals surface area contributed by atoms with Gasteiger partial charge in [0.1, 0.15) is 11.6 Å². The fourth-order valence-electron chi connectivity index (χ4n) is 0.738. The van der Waals surface area contributed by atoms with Crippen LogP contribution in [0.1, 0.15) is 20.8 Å². The fourth-order valence-corrected chi connectivity index (χ4v) is 0.738. The van der Waals surface area contributed by atoms with E-state index in [-0.39, 0.29) is 0 Å². The van der Waals surface area contributed by atoms with Crippen molar-refractivity contribution in [2.75, 3.05) is 0 Å². The van der Waals surface area contributed by atoms with Crippen LogP contribution in [0.5, 0.6) is 0 Å². The molecule has 0 bridgehead atoms. The normalized spacial score (nSPS) is 13.5. The summed E-state index contributed by atoms with van der Waals surface area (Å²) in [6, 6.07) is -1.18. The highest BCUT2D eigenvalue weighted by Crippen LogP contribution is 2.06. The van der Waals surface area contributed by atoms with Gasteiger partial charge in [-0.3, -0.25) is 0 Å². The topological polar surface area (TPSA) is 102 Å². The van der Waals surface area contributed by atoms with Crippen LogP contribution < -0.4 is 11.1 Å². The molecule has 0 aliphatic rings. The van der Waals surface area contributed by atoms with Crippen molar-refractivity contribution < 1.29 is 19.4 Å². The zero-order chi connectivity index (χ0) is 12.1. The summed E-state index contributed by atoms with van der Waals surface area (Å²) < 4.78 is 4.88. The van der Waals surface area contributed by atoms with Crippen LogP contribution in [-0.2, 0) is 9.53 Å². The van der Waals surface area contributed by atoms with Gasteiger partial charge in [0, 0.05) is 0 Å². The monoisotopic (exact) mass is 216 g/mol. The van der Waals surface area contributed by atoms with Gasteiger partial charge in [0.2, 0.25) is 0 Å². The van der Waals surface area contributed by atoms with Crippen LogP contribution in [-0.4, -0.2) is 28.8 Å². The molecule has 0 saturated heterocycles. The van der Waals surface area contributed by atoms with Crippen LogP contribution >= 0.6 is 0 Å². The number of carboxylic acid groups (broad SMARTS) is 1. The first-order chi connectivity index (χ1) is 6.76. The number of nitrogens with two attached hydrogens (primary N) is 1. The second-order valence-corrected chi connectivity index (χ2v) is 3.85. The Morgan fingerprint density at radius 2 is 2.00 bits per heavy atom. The van der Waals surface area contributed by atoms with Gasteiger partial charge in [-0.1, -0.05) is 0 Å². The molecule has 1 atom stereocenters. The zero-order valence-electron chi connectivity index (χ0n) is 8.98. The average molecular weight is 216 g/mol. The molecule has 0 radical (unpaired) electrons. The Kier molecular flexibility index (Phi) is 4.63. The molecule has 6 heteroatoms. The summed E-state index contributed by atoms with van der Waals surface area (Å²) in [6.07, 6.45) is 1.40. The van der Waals surface area contributed by atoms with Crippen molar-refractivity contribution in [1.29, 1.82) is 0 Å². The van der Waals surface area contributed by atoms with Crippen LogP contribution in [0.4, 0.5) is 4.79 Å². The fraction of sp³-hybridized carbons (Fsp3) is 0.556. The predicted octanol–water partition coefficient (Wildman–Crippen LogP) is 0.437. The standard InChI is InChI=1S/C9H16N2O4/c1-9(2,3)15-8(14)11-6(4-5-10)7(12)13/h4-6H,10H2,1-3H3,(H,11,14)(H,12,13)/b5-4+/t6-/m0/s1. The third-order valence-corrected chi connectivity index (χ3v) is 1.24. The minimum atomic E-state index is -1.21. The van der Waals surface area contributed by atoms with Gasteiger partial charge < -0.3 is 20.9 Å². The van der Waals surface area contributed by atoms with Gasteiger partial charge in [-0.15, -0.1) is 0 Å². The van der Waals surface area contributed by atoms with E-state index < -0.39 is 23.7 Å². The van der Waals surface area contributed by atoms with E-state index in [0.29, 0.717) is 0 Å². The van der Waals surface area contributed by atoms with E-state index in [1.54, 1.807) is 20.8 Å². The van der Waals surface area contributed by atoms with Gasteiger partial charge in [-0.05, 0) is 33.0 Å². The summed E-state index contributed by atoms with van der Waals surface area (Å²) in [5.41, 5.74) is 4.37. The van der Waals surface area contributed by atoms with Gasteiger partial charge in [0.05, 0.1) is 0 Å². The molecular weight excluding hydrogens is 200 g/mol. The maximum atomic E-state index is 11.2. The molecule has 4 N–H and O–H groups in total. The number of carbonyl (C=O) groups excluding carboxylic acids is 1. The third kappa shape index (κ3) is 6.36. The lowest BCUT2D eigenvalue weighted by atomic mass is 10.2. The van der Waals surface area contributed by atoms with Crippen molar-refractivity contribution in [3.63, 3.8) is 0 Å². The molecule has 6 nitrogen and oxygen atoms in total. The number of hydrogen-bond acceptors (Lipinski definition) is 4. The number of ether oxygens (including phenoxy) is 1. The van der Waals surface area contributed by atoms with Gasteiger partial charge in [-0.2, -0.15) is 0 Å². The molecule has 15 heavy (non-hydrogen) atoms. The lowest BCUT2D eigenvalue weighted by Crippen LogP contribution is -2.42. The number of hydrogen-bond donors (Lipinski definition) is 3. The van der Waals surface area contributed by atoms with Crippen molar-refractivity contribution in [2.24, 2.45) is 5.73 Å². The SMILES string of the molecule is CC(C)(C)OC(=O)N[C@@H](/C=C/N)C(=O)O. The number of carbonyl (C=O) groups is 2. The summed E-state index contributed by atoms with van der Waals surface area (Å²) >= 11 is 0. The first-order valence-corrected chi connectivity index (χ1v) is 4.37. The summed E-state index contributed by atoms with van der Waals surface area (Å²) in [5, 5.41) is 10.8. The molecule has 0 aromatic carbocycles. The molecule has 86 valence electrons. The van der Waals surface area contributed by atoms with Crippen molar-refractivity contribution in [1.82, 2.24) is 5.32 Å². The minimum absolute atomic E-state index is 0.667. The smallest absolute Gasteiger partial charge is 0.408 e. The van der Waals surface area contributed by atoms with E-state index in [9.17, 15) is 9.59 Å². The van der Waals surface area contributed by atoms with Crippen LogP contribution in [0.3, 0.4) is 0 Å². The highest BCUT2D eigenvalue weighted by molar-refractivity contribution is 5.81. The maximum absolute atomic E-state index is 11.2. The Balaban J connectivity index is 4.30. The number of nitrogens with one attached hydrogen (secondary N) is 1. The Bertz CT molecular complexity index is 268. The summed E-state index contributed by atoms with van der Waals surface area (Å²) in [7, 11) is 0. The molecule has 0 unspecified atom stereocenters. The Morgan fingerprint density at radius 1 is 1.47 bits per heavy atom. The second-order valence-electron chi connectivity index (χ2n) is 3.85. The van der Waals surface area contributed by atoms with E-state index in [4.69, 9.17) is 15.6 Å². The van der Waals surface area contributed by atoms with Gasteiger partial charge >= 0.3 is 12.1 Å². The van der Waals surface area contributed by atoms with E-state index in [1.807, 2.05) is 0 Å². The van der Waals surface area contributed by atoms with Gasteiger partial charge in [0.25, 0.3) is 0 Å². The molecule has 0 aliphatic heterocycles. The van der Waals surface area contributed by atoms with Crippen LogP contribution in [0.2, 0.25) is 0 Å². The molecule has 0 saturated carbocycles. The quantitative estimate of drug-likeness (QED) is 0.635. The van der Waals surface area contributed by atoms with E-state index in [1.165, 1.54) is 0 Å². The van der Waals surface area contributed by atoms with Crippen LogP contribution in [0.25, 0.3) is 0 Å². The molecular formula is C9H16N2O4. The Hall–Kier alpha value is -1.72. The van der Waals surface area contributed by atoms with Gasteiger partial charge in [0.15, 0.2) is 0 Å². The molecule has 0 aromatic rings. The first-order valence-electron chi connectivity index (χ1n) is 4.37. The Labute approximate surface area is 88.1 Å². The zero-order valence-corrected chi connectivity index (χ0v) is 8.98. The van der Waals surface area contributed by atoms with Crippen LogP contribution in [0.15, 0.2) is 12.3 Å². The molecule has 0 fully saturated rings. The average Bonchev–Trinajstić information content (AvgIpc) is 1.99. The second kappa shape index (κ2) is 5.23. The lowest BCUT2D eigenvalue weighted by Gasteiger charge is -2.20. The number of amides is 1. The molecule has 0 spiro atoms. The van der Waals surface area contributed by atoms with Crippen molar-refractivity contribution in [3.8, 4) is 0 Å². The number of aliphatic carboxylic acids is 1. The lowest BCUT2D eigenvalue weighted by molar-refractivity contribution is -0.138. The molecule has 0 heterocycles. The van der Waals surface area contributed by atoms with E-state index >= 15 is 0 Å². The van der Waals surface area contributed by atoms with Crippen molar-refractivity contribution >= 4 is 12.1 Å². The number of carboxylic acids is 1. The predicted molar refractivity (Wildman–Crippen MR) is 54.1 cm³/mol. The van der Waals surface area contributed by atoms with Gasteiger partial charge in [-0.25, -0.2) is 9.59 Å². The van der Waals surface area contributed by atoms with E-state index in [2.05, 4.69) is 5.32 Å². The van der Waals surface area contributed by atoms with Crippen molar-refractivity contribution in [2.45, 2.75) is 32.4 Å². The Morgan fingerprint density at radius 3 is 2.33 bits per heavy atom.